The first-order valence-corrected chi connectivity index (χ1v) is 4.36. The number of nitrogens with two attached hydrogens (primary N) is 1. The summed E-state index contributed by atoms with van der Waals surface area (Å²) in [7, 11) is 0. The van der Waals surface area contributed by atoms with E-state index in [0.29, 0.717) is 6.42 Å². The lowest BCUT2D eigenvalue weighted by Gasteiger charge is -2.12. The van der Waals surface area contributed by atoms with Crippen molar-refractivity contribution >= 4 is 12.4 Å². The molecule has 4 heteroatoms. The Morgan fingerprint density at radius 1 is 1.47 bits per heavy atom. The van der Waals surface area contributed by atoms with Gasteiger partial charge in [-0.3, -0.25) is 0 Å². The van der Waals surface area contributed by atoms with E-state index < -0.39 is 17.7 Å². The van der Waals surface area contributed by atoms with Crippen molar-refractivity contribution in [2.45, 2.75) is 19.4 Å². The molecule has 0 unspecified atom stereocenters. The van der Waals surface area contributed by atoms with Gasteiger partial charge >= 0.3 is 0 Å². The van der Waals surface area contributed by atoms with Crippen LogP contribution in [0.4, 0.5) is 8.78 Å². The van der Waals surface area contributed by atoms with Crippen molar-refractivity contribution in [2.24, 2.45) is 5.73 Å². The zero-order chi connectivity index (χ0) is 10.7. The third-order valence-electron chi connectivity index (χ3n) is 1.95. The minimum absolute atomic E-state index is 0. The van der Waals surface area contributed by atoms with Crippen LogP contribution in [0.3, 0.4) is 0 Å². The van der Waals surface area contributed by atoms with E-state index in [1.54, 1.807) is 6.92 Å². The van der Waals surface area contributed by atoms with Crippen LogP contribution in [0.2, 0.25) is 0 Å². The molecule has 0 fully saturated rings. The molecule has 0 aliphatic carbocycles. The molecule has 0 saturated heterocycles. The van der Waals surface area contributed by atoms with Gasteiger partial charge in [0.2, 0.25) is 0 Å². The Balaban J connectivity index is 0.00000196. The van der Waals surface area contributed by atoms with E-state index in [2.05, 4.69) is 6.58 Å². The molecule has 0 bridgehead atoms. The van der Waals surface area contributed by atoms with Crippen molar-refractivity contribution in [3.63, 3.8) is 0 Å². The third kappa shape index (κ3) is 3.61. The van der Waals surface area contributed by atoms with Crippen molar-refractivity contribution in [3.8, 4) is 0 Å². The highest BCUT2D eigenvalue weighted by Crippen LogP contribution is 2.21. The van der Waals surface area contributed by atoms with Crippen molar-refractivity contribution in [1.29, 1.82) is 0 Å². The predicted octanol–water partition coefficient (Wildman–Crippen LogP) is 3.35. The molecule has 1 nitrogen and oxygen atoms in total. The number of hydrogen-bond acceptors (Lipinski definition) is 1. The number of halogens is 3. The summed E-state index contributed by atoms with van der Waals surface area (Å²) in [5.74, 6) is -1.72. The zero-order valence-electron chi connectivity index (χ0n) is 8.47. The maximum absolute atomic E-state index is 13.2. The Morgan fingerprint density at radius 3 is 2.60 bits per heavy atom. The van der Waals surface area contributed by atoms with Gasteiger partial charge < -0.3 is 5.73 Å². The number of hydrogen-bond donors (Lipinski definition) is 1. The highest BCUT2D eigenvalue weighted by Gasteiger charge is 2.14. The number of benzene rings is 1. The predicted molar refractivity (Wildman–Crippen MR) is 60.0 cm³/mol. The van der Waals surface area contributed by atoms with Crippen LogP contribution >= 0.6 is 12.4 Å². The van der Waals surface area contributed by atoms with E-state index in [0.717, 1.165) is 11.6 Å². The van der Waals surface area contributed by atoms with Crippen LogP contribution in [-0.2, 0) is 0 Å². The highest BCUT2D eigenvalue weighted by molar-refractivity contribution is 5.85. The molecular formula is C11H14ClF2N. The van der Waals surface area contributed by atoms with Crippen LogP contribution < -0.4 is 5.73 Å². The molecule has 1 aromatic rings. The summed E-state index contributed by atoms with van der Waals surface area (Å²) in [4.78, 5) is 0. The van der Waals surface area contributed by atoms with Crippen molar-refractivity contribution in [3.05, 3.63) is 47.5 Å². The topological polar surface area (TPSA) is 26.0 Å². The molecule has 0 saturated carbocycles. The SMILES string of the molecule is C=C(C)C[C@@H](N)c1cccc(F)c1F.Cl. The minimum atomic E-state index is -0.861. The smallest absolute Gasteiger partial charge is 0.163 e. The normalized spacial score (nSPS) is 11.7. The average Bonchev–Trinajstić information content (AvgIpc) is 2.08. The van der Waals surface area contributed by atoms with E-state index in [9.17, 15) is 8.78 Å². The van der Waals surface area contributed by atoms with Gasteiger partial charge in [0, 0.05) is 11.6 Å². The van der Waals surface area contributed by atoms with Gasteiger partial charge in [-0.2, -0.15) is 0 Å². The molecule has 84 valence electrons. The summed E-state index contributed by atoms with van der Waals surface area (Å²) in [5, 5.41) is 0. The quantitative estimate of drug-likeness (QED) is 0.796. The maximum atomic E-state index is 13.2. The Labute approximate surface area is 94.4 Å². The van der Waals surface area contributed by atoms with Crippen molar-refractivity contribution < 1.29 is 8.78 Å². The summed E-state index contributed by atoms with van der Waals surface area (Å²) in [5.41, 5.74) is 6.75. The van der Waals surface area contributed by atoms with Gasteiger partial charge in [-0.15, -0.1) is 19.0 Å². The fraction of sp³-hybridized carbons (Fsp3) is 0.273. The maximum Gasteiger partial charge on any atom is 0.163 e. The molecule has 0 aromatic heterocycles. The minimum Gasteiger partial charge on any atom is -0.324 e. The molecule has 1 atom stereocenters. The molecule has 0 radical (unpaired) electrons. The van der Waals surface area contributed by atoms with Gasteiger partial charge in [0.25, 0.3) is 0 Å². The second-order valence-electron chi connectivity index (χ2n) is 3.41. The van der Waals surface area contributed by atoms with Gasteiger partial charge in [0.1, 0.15) is 0 Å². The van der Waals surface area contributed by atoms with Crippen molar-refractivity contribution in [2.75, 3.05) is 0 Å². The Kier molecular flexibility index (Phi) is 5.47. The summed E-state index contributed by atoms with van der Waals surface area (Å²) in [6.45, 7) is 5.48. The van der Waals surface area contributed by atoms with Gasteiger partial charge in [-0.25, -0.2) is 8.78 Å². The first-order chi connectivity index (χ1) is 6.52. The second kappa shape index (κ2) is 5.83. The van der Waals surface area contributed by atoms with Crippen LogP contribution in [0.1, 0.15) is 24.9 Å². The Morgan fingerprint density at radius 2 is 2.07 bits per heavy atom. The molecule has 0 heterocycles. The largest absolute Gasteiger partial charge is 0.324 e. The standard InChI is InChI=1S/C11H13F2N.ClH/c1-7(2)6-10(14)8-4-3-5-9(12)11(8)13;/h3-5,10H,1,6,14H2,2H3;1H/t10-;/m1./s1. The fourth-order valence-electron chi connectivity index (χ4n) is 1.29. The van der Waals surface area contributed by atoms with Gasteiger partial charge in [0.05, 0.1) is 0 Å². The van der Waals surface area contributed by atoms with Crippen LogP contribution in [0.25, 0.3) is 0 Å². The Bertz CT molecular complexity index is 352. The van der Waals surface area contributed by atoms with Crippen LogP contribution in [0, 0.1) is 11.6 Å². The fourth-order valence-corrected chi connectivity index (χ4v) is 1.29. The summed E-state index contributed by atoms with van der Waals surface area (Å²) < 4.78 is 26.0. The molecule has 1 aromatic carbocycles. The molecule has 0 aliphatic heterocycles. The van der Waals surface area contributed by atoms with E-state index in [1.807, 2.05) is 0 Å². The van der Waals surface area contributed by atoms with Gasteiger partial charge in [-0.1, -0.05) is 17.7 Å². The van der Waals surface area contributed by atoms with Crippen LogP contribution in [-0.4, -0.2) is 0 Å². The van der Waals surface area contributed by atoms with Crippen LogP contribution in [0.5, 0.6) is 0 Å². The molecule has 1 rings (SSSR count). The second-order valence-corrected chi connectivity index (χ2v) is 3.41. The first-order valence-electron chi connectivity index (χ1n) is 4.36. The van der Waals surface area contributed by atoms with E-state index in [-0.39, 0.29) is 18.0 Å². The summed E-state index contributed by atoms with van der Waals surface area (Å²) in [6, 6.07) is 3.49. The van der Waals surface area contributed by atoms with Crippen molar-refractivity contribution in [1.82, 2.24) is 0 Å². The lowest BCUT2D eigenvalue weighted by atomic mass is 10.0. The van der Waals surface area contributed by atoms with E-state index in [1.165, 1.54) is 12.1 Å². The van der Waals surface area contributed by atoms with Gasteiger partial charge in [-0.05, 0) is 19.4 Å². The third-order valence-corrected chi connectivity index (χ3v) is 1.95. The van der Waals surface area contributed by atoms with Gasteiger partial charge in [0.15, 0.2) is 11.6 Å². The molecule has 0 spiro atoms. The van der Waals surface area contributed by atoms with E-state index in [4.69, 9.17) is 5.73 Å². The average molecular weight is 234 g/mol. The first kappa shape index (κ1) is 14.1. The number of rotatable bonds is 3. The van der Waals surface area contributed by atoms with Crippen LogP contribution in [0.15, 0.2) is 30.4 Å². The highest BCUT2D eigenvalue weighted by atomic mass is 35.5. The monoisotopic (exact) mass is 233 g/mol. The lowest BCUT2D eigenvalue weighted by Crippen LogP contribution is -2.13. The summed E-state index contributed by atoms with van der Waals surface area (Å²) in [6.07, 6.45) is 0.459. The molecule has 2 N–H and O–H groups in total. The summed E-state index contributed by atoms with van der Waals surface area (Å²) >= 11 is 0. The Hall–Kier alpha value is -0.930. The molecular weight excluding hydrogens is 220 g/mol. The molecule has 0 aliphatic rings. The molecule has 0 amide bonds. The molecule has 15 heavy (non-hydrogen) atoms. The van der Waals surface area contributed by atoms with E-state index >= 15 is 0 Å². The zero-order valence-corrected chi connectivity index (χ0v) is 9.28. The lowest BCUT2D eigenvalue weighted by molar-refractivity contribution is 0.488.